The van der Waals surface area contributed by atoms with Crippen LogP contribution in [0.25, 0.3) is 6.08 Å². The van der Waals surface area contributed by atoms with Crippen LogP contribution in [0.2, 0.25) is 0 Å². The molecule has 31 heavy (non-hydrogen) atoms. The maximum absolute atomic E-state index is 13.0. The first kappa shape index (κ1) is 21.7. The minimum atomic E-state index is -0.582. The number of anilines is 1. The molecule has 0 heterocycles. The van der Waals surface area contributed by atoms with E-state index in [9.17, 15) is 18.8 Å². The van der Waals surface area contributed by atoms with E-state index in [2.05, 4.69) is 5.32 Å². The van der Waals surface area contributed by atoms with Gasteiger partial charge in [0.2, 0.25) is 0 Å². The minimum absolute atomic E-state index is 0.0805. The fourth-order valence-electron chi connectivity index (χ4n) is 3.08. The number of halogens is 2. The molecule has 0 saturated carbocycles. The van der Waals surface area contributed by atoms with E-state index in [0.29, 0.717) is 23.6 Å². The lowest BCUT2D eigenvalue weighted by molar-refractivity contribution is -0.112. The molecule has 3 rings (SSSR count). The third kappa shape index (κ3) is 5.77. The van der Waals surface area contributed by atoms with Gasteiger partial charge in [0.15, 0.2) is 0 Å². The van der Waals surface area contributed by atoms with Gasteiger partial charge in [-0.15, -0.1) is 0 Å². The van der Waals surface area contributed by atoms with E-state index in [1.165, 1.54) is 42.5 Å². The molecule has 0 unspecified atom stereocenters. The Morgan fingerprint density at radius 1 is 1.00 bits per heavy atom. The standard InChI is InChI=1S/C25H20F2N2O2/c1-16-11-19(12-17(2)24(16)31-15-18-3-5-21(26)6-4-18)13-20(14-28)25(30)29-23-9-7-22(27)8-10-23/h3-13H,15H2,1-2H3,(H,29,30)/b20-13+. The number of aryl methyl sites for hydroxylation is 2. The topological polar surface area (TPSA) is 62.1 Å². The molecule has 3 aromatic rings. The lowest BCUT2D eigenvalue weighted by Gasteiger charge is -2.13. The summed E-state index contributed by atoms with van der Waals surface area (Å²) in [5.74, 6) is -0.609. The predicted octanol–water partition coefficient (Wildman–Crippen LogP) is 5.71. The Kier molecular flexibility index (Phi) is 6.78. The van der Waals surface area contributed by atoms with Crippen molar-refractivity contribution in [1.82, 2.24) is 0 Å². The predicted molar refractivity (Wildman–Crippen MR) is 115 cm³/mol. The normalized spacial score (nSPS) is 11.0. The largest absolute Gasteiger partial charge is 0.488 e. The van der Waals surface area contributed by atoms with Gasteiger partial charge in [0.05, 0.1) is 0 Å². The molecule has 156 valence electrons. The quantitative estimate of drug-likeness (QED) is 0.412. The van der Waals surface area contributed by atoms with Crippen molar-refractivity contribution in [2.24, 2.45) is 0 Å². The Morgan fingerprint density at radius 3 is 2.10 bits per heavy atom. The molecular formula is C25H20F2N2O2. The molecule has 0 aliphatic rings. The molecule has 4 nitrogen and oxygen atoms in total. The van der Waals surface area contributed by atoms with Gasteiger partial charge in [0.1, 0.15) is 35.6 Å². The first-order valence-corrected chi connectivity index (χ1v) is 9.53. The zero-order valence-electron chi connectivity index (χ0n) is 17.1. The molecule has 0 radical (unpaired) electrons. The molecule has 0 aromatic heterocycles. The highest BCUT2D eigenvalue weighted by atomic mass is 19.1. The molecule has 6 heteroatoms. The second-order valence-electron chi connectivity index (χ2n) is 7.03. The van der Waals surface area contributed by atoms with Gasteiger partial charge in [-0.05, 0) is 90.7 Å². The summed E-state index contributed by atoms with van der Waals surface area (Å²) in [6.07, 6.45) is 1.49. The zero-order chi connectivity index (χ0) is 22.4. The van der Waals surface area contributed by atoms with Crippen LogP contribution in [0.4, 0.5) is 14.5 Å². The summed E-state index contributed by atoms with van der Waals surface area (Å²) in [5, 5.41) is 12.0. The van der Waals surface area contributed by atoms with E-state index >= 15 is 0 Å². The highest BCUT2D eigenvalue weighted by molar-refractivity contribution is 6.09. The lowest BCUT2D eigenvalue weighted by Crippen LogP contribution is -2.13. The third-order valence-corrected chi connectivity index (χ3v) is 4.56. The second kappa shape index (κ2) is 9.68. The van der Waals surface area contributed by atoms with Crippen molar-refractivity contribution in [3.8, 4) is 11.8 Å². The molecule has 0 saturated heterocycles. The highest BCUT2D eigenvalue weighted by Gasteiger charge is 2.12. The molecule has 0 spiro atoms. The fraction of sp³-hybridized carbons (Fsp3) is 0.120. The van der Waals surface area contributed by atoms with E-state index in [-0.39, 0.29) is 11.4 Å². The highest BCUT2D eigenvalue weighted by Crippen LogP contribution is 2.27. The van der Waals surface area contributed by atoms with Crippen molar-refractivity contribution in [2.45, 2.75) is 20.5 Å². The van der Waals surface area contributed by atoms with E-state index in [1.807, 2.05) is 32.0 Å². The van der Waals surface area contributed by atoms with E-state index in [0.717, 1.165) is 16.7 Å². The van der Waals surface area contributed by atoms with Crippen molar-refractivity contribution in [2.75, 3.05) is 5.32 Å². The smallest absolute Gasteiger partial charge is 0.266 e. The van der Waals surface area contributed by atoms with Crippen LogP contribution in [0.15, 0.2) is 66.2 Å². The number of nitriles is 1. The number of benzene rings is 3. The van der Waals surface area contributed by atoms with Crippen molar-refractivity contribution in [3.63, 3.8) is 0 Å². The molecule has 0 aliphatic heterocycles. The van der Waals surface area contributed by atoms with Crippen LogP contribution >= 0.6 is 0 Å². The Morgan fingerprint density at radius 2 is 1.55 bits per heavy atom. The van der Waals surface area contributed by atoms with Crippen molar-refractivity contribution < 1.29 is 18.3 Å². The first-order chi connectivity index (χ1) is 14.9. The van der Waals surface area contributed by atoms with Crippen LogP contribution in [0.3, 0.4) is 0 Å². The van der Waals surface area contributed by atoms with E-state index in [1.54, 1.807) is 12.1 Å². The molecule has 1 amide bonds. The molecule has 3 aromatic carbocycles. The number of amides is 1. The summed E-state index contributed by atoms with van der Waals surface area (Å²) < 4.78 is 31.9. The van der Waals surface area contributed by atoms with Crippen LogP contribution < -0.4 is 10.1 Å². The molecule has 1 N–H and O–H groups in total. The van der Waals surface area contributed by atoms with E-state index < -0.39 is 11.7 Å². The molecule has 0 aliphatic carbocycles. The number of carbonyl (C=O) groups excluding carboxylic acids is 1. The summed E-state index contributed by atoms with van der Waals surface area (Å²) in [7, 11) is 0. The number of carbonyl (C=O) groups is 1. The first-order valence-electron chi connectivity index (χ1n) is 9.53. The number of hydrogen-bond donors (Lipinski definition) is 1. The lowest BCUT2D eigenvalue weighted by atomic mass is 10.0. The average Bonchev–Trinajstić information content (AvgIpc) is 2.74. The Balaban J connectivity index is 1.76. The summed E-state index contributed by atoms with van der Waals surface area (Å²) >= 11 is 0. The van der Waals surface area contributed by atoms with Crippen LogP contribution in [0.1, 0.15) is 22.3 Å². The van der Waals surface area contributed by atoms with Gasteiger partial charge in [0, 0.05) is 5.69 Å². The number of hydrogen-bond acceptors (Lipinski definition) is 3. The zero-order valence-corrected chi connectivity index (χ0v) is 17.1. The summed E-state index contributed by atoms with van der Waals surface area (Å²) in [6.45, 7) is 4.03. The van der Waals surface area contributed by atoms with Gasteiger partial charge in [0.25, 0.3) is 5.91 Å². The summed E-state index contributed by atoms with van der Waals surface area (Å²) in [4.78, 5) is 12.4. The van der Waals surface area contributed by atoms with Crippen LogP contribution in [-0.2, 0) is 11.4 Å². The fourth-order valence-corrected chi connectivity index (χ4v) is 3.08. The molecule has 0 atom stereocenters. The Hall–Kier alpha value is -3.98. The van der Waals surface area contributed by atoms with Crippen molar-refractivity contribution in [3.05, 3.63) is 100 Å². The van der Waals surface area contributed by atoms with Gasteiger partial charge in [-0.3, -0.25) is 4.79 Å². The minimum Gasteiger partial charge on any atom is -0.488 e. The van der Waals surface area contributed by atoms with Gasteiger partial charge in [-0.1, -0.05) is 12.1 Å². The van der Waals surface area contributed by atoms with Gasteiger partial charge >= 0.3 is 0 Å². The number of nitrogens with one attached hydrogen (secondary N) is 1. The van der Waals surface area contributed by atoms with Crippen LogP contribution in [0.5, 0.6) is 5.75 Å². The van der Waals surface area contributed by atoms with Gasteiger partial charge in [-0.25, -0.2) is 8.78 Å². The molecular weight excluding hydrogens is 398 g/mol. The number of ether oxygens (including phenoxy) is 1. The maximum atomic E-state index is 13.0. The van der Waals surface area contributed by atoms with Crippen molar-refractivity contribution in [1.29, 1.82) is 5.26 Å². The second-order valence-corrected chi connectivity index (χ2v) is 7.03. The monoisotopic (exact) mass is 418 g/mol. The average molecular weight is 418 g/mol. The Labute approximate surface area is 179 Å². The summed E-state index contributed by atoms with van der Waals surface area (Å²) in [6, 6.07) is 16.9. The SMILES string of the molecule is Cc1cc(/C=C(\C#N)C(=O)Nc2ccc(F)cc2)cc(C)c1OCc1ccc(F)cc1. The van der Waals surface area contributed by atoms with Crippen molar-refractivity contribution >= 4 is 17.7 Å². The third-order valence-electron chi connectivity index (χ3n) is 4.56. The summed E-state index contributed by atoms with van der Waals surface area (Å²) in [5.41, 5.74) is 3.50. The van der Waals surface area contributed by atoms with Gasteiger partial charge < -0.3 is 10.1 Å². The number of rotatable bonds is 6. The van der Waals surface area contributed by atoms with Crippen LogP contribution in [-0.4, -0.2) is 5.91 Å². The molecule has 0 fully saturated rings. The van der Waals surface area contributed by atoms with E-state index in [4.69, 9.17) is 4.74 Å². The number of nitrogens with zero attached hydrogens (tertiary/aromatic N) is 1. The Bertz CT molecular complexity index is 1140. The maximum Gasteiger partial charge on any atom is 0.266 e. The van der Waals surface area contributed by atoms with Gasteiger partial charge in [-0.2, -0.15) is 5.26 Å². The van der Waals surface area contributed by atoms with Crippen LogP contribution in [0, 0.1) is 36.8 Å². The molecule has 0 bridgehead atoms.